The summed E-state index contributed by atoms with van der Waals surface area (Å²) in [5, 5.41) is 3.06. The SMILES string of the molecule is O=C1N=C(C2CCCCC2)C2C(=O)NC(C3CCCCC3)=C12. The van der Waals surface area contributed by atoms with E-state index in [1.165, 1.54) is 38.5 Å². The quantitative estimate of drug-likeness (QED) is 0.851. The van der Waals surface area contributed by atoms with Crippen molar-refractivity contribution in [3.8, 4) is 0 Å². The first kappa shape index (κ1) is 14.2. The number of aliphatic imine (C=N–C) groups is 1. The second-order valence-corrected chi connectivity index (χ2v) is 7.26. The van der Waals surface area contributed by atoms with Crippen molar-refractivity contribution >= 4 is 17.5 Å². The highest BCUT2D eigenvalue weighted by molar-refractivity contribution is 6.26. The minimum Gasteiger partial charge on any atom is -0.328 e. The molecule has 2 heterocycles. The van der Waals surface area contributed by atoms with E-state index >= 15 is 0 Å². The number of allylic oxidation sites excluding steroid dienone is 1. The van der Waals surface area contributed by atoms with Crippen LogP contribution >= 0.6 is 0 Å². The van der Waals surface area contributed by atoms with Gasteiger partial charge in [0, 0.05) is 11.4 Å². The smallest absolute Gasteiger partial charge is 0.275 e. The number of carbonyl (C=O) groups is 2. The maximum Gasteiger partial charge on any atom is 0.275 e. The minimum absolute atomic E-state index is 0.00532. The molecule has 2 saturated carbocycles. The molecule has 0 saturated heterocycles. The summed E-state index contributed by atoms with van der Waals surface area (Å²) in [7, 11) is 0. The molecule has 4 rings (SSSR count). The molecule has 0 spiro atoms. The van der Waals surface area contributed by atoms with Crippen LogP contribution in [0.3, 0.4) is 0 Å². The van der Waals surface area contributed by atoms with Crippen molar-refractivity contribution in [1.29, 1.82) is 0 Å². The predicted octanol–water partition coefficient (Wildman–Crippen LogP) is 3.13. The Morgan fingerprint density at radius 2 is 1.41 bits per heavy atom. The molecule has 0 aromatic carbocycles. The molecule has 2 amide bonds. The number of hydrogen-bond donors (Lipinski definition) is 1. The van der Waals surface area contributed by atoms with Gasteiger partial charge in [0.1, 0.15) is 5.92 Å². The molecule has 0 aromatic rings. The van der Waals surface area contributed by atoms with Crippen LogP contribution in [0.15, 0.2) is 16.3 Å². The monoisotopic (exact) mass is 300 g/mol. The number of nitrogens with zero attached hydrogens (tertiary/aromatic N) is 1. The van der Waals surface area contributed by atoms with E-state index in [4.69, 9.17) is 0 Å². The largest absolute Gasteiger partial charge is 0.328 e. The van der Waals surface area contributed by atoms with Gasteiger partial charge in [-0.05, 0) is 37.5 Å². The molecule has 2 aliphatic heterocycles. The summed E-state index contributed by atoms with van der Waals surface area (Å²) in [6, 6.07) is 0. The standard InChI is InChI=1S/C18H24N2O2/c21-17-13-14(16(20-17)12-9-5-2-6-10-12)18(22)19-15(13)11-7-3-1-4-8-11/h11-13H,1-10H2,(H,20,21). The van der Waals surface area contributed by atoms with Crippen molar-refractivity contribution in [1.82, 2.24) is 5.32 Å². The van der Waals surface area contributed by atoms with Crippen molar-refractivity contribution in [3.63, 3.8) is 0 Å². The van der Waals surface area contributed by atoms with Gasteiger partial charge in [0.15, 0.2) is 0 Å². The summed E-state index contributed by atoms with van der Waals surface area (Å²) >= 11 is 0. The van der Waals surface area contributed by atoms with Crippen molar-refractivity contribution in [3.05, 3.63) is 11.3 Å². The summed E-state index contributed by atoms with van der Waals surface area (Å²) in [4.78, 5) is 29.3. The summed E-state index contributed by atoms with van der Waals surface area (Å²) in [5.41, 5.74) is 2.51. The predicted molar refractivity (Wildman–Crippen MR) is 84.3 cm³/mol. The lowest BCUT2D eigenvalue weighted by molar-refractivity contribution is -0.121. The van der Waals surface area contributed by atoms with E-state index < -0.39 is 0 Å². The van der Waals surface area contributed by atoms with Gasteiger partial charge in [-0.1, -0.05) is 38.5 Å². The van der Waals surface area contributed by atoms with E-state index in [9.17, 15) is 9.59 Å². The van der Waals surface area contributed by atoms with Crippen molar-refractivity contribution in [2.24, 2.45) is 22.7 Å². The van der Waals surface area contributed by atoms with Crippen LogP contribution in [-0.2, 0) is 9.59 Å². The summed E-state index contributed by atoms with van der Waals surface area (Å²) < 4.78 is 0. The Morgan fingerprint density at radius 1 is 0.818 bits per heavy atom. The fourth-order valence-electron chi connectivity index (χ4n) is 4.76. The Morgan fingerprint density at radius 3 is 2.05 bits per heavy atom. The number of amides is 2. The van der Waals surface area contributed by atoms with E-state index in [1.54, 1.807) is 0 Å². The Bertz CT molecular complexity index is 564. The van der Waals surface area contributed by atoms with Crippen LogP contribution in [0.25, 0.3) is 0 Å². The highest BCUT2D eigenvalue weighted by Crippen LogP contribution is 2.41. The van der Waals surface area contributed by atoms with E-state index in [0.29, 0.717) is 17.4 Å². The Balaban J connectivity index is 1.64. The first-order valence-electron chi connectivity index (χ1n) is 8.93. The van der Waals surface area contributed by atoms with Gasteiger partial charge in [0.25, 0.3) is 5.91 Å². The van der Waals surface area contributed by atoms with Crippen LogP contribution < -0.4 is 5.32 Å². The second kappa shape index (κ2) is 5.64. The van der Waals surface area contributed by atoms with E-state index in [2.05, 4.69) is 10.3 Å². The number of nitrogens with one attached hydrogen (secondary N) is 1. The van der Waals surface area contributed by atoms with Crippen LogP contribution in [0.2, 0.25) is 0 Å². The third-order valence-electron chi connectivity index (χ3n) is 5.89. The number of carbonyl (C=O) groups excluding carboxylic acids is 2. The average molecular weight is 300 g/mol. The Hall–Kier alpha value is -1.45. The van der Waals surface area contributed by atoms with Gasteiger partial charge in [-0.3, -0.25) is 9.59 Å². The molecule has 0 aromatic heterocycles. The first-order valence-corrected chi connectivity index (χ1v) is 8.93. The fraction of sp³-hybridized carbons (Fsp3) is 0.722. The molecule has 0 bridgehead atoms. The third-order valence-corrected chi connectivity index (χ3v) is 5.89. The molecule has 1 N–H and O–H groups in total. The van der Waals surface area contributed by atoms with Gasteiger partial charge in [-0.25, -0.2) is 4.99 Å². The van der Waals surface area contributed by atoms with Gasteiger partial charge in [-0.15, -0.1) is 0 Å². The lowest BCUT2D eigenvalue weighted by Gasteiger charge is -2.23. The lowest BCUT2D eigenvalue weighted by atomic mass is 9.79. The average Bonchev–Trinajstić information content (AvgIpc) is 3.09. The molecule has 0 radical (unpaired) electrons. The second-order valence-electron chi connectivity index (χ2n) is 7.26. The molecular weight excluding hydrogens is 276 g/mol. The molecule has 4 nitrogen and oxygen atoms in total. The summed E-state index contributed by atoms with van der Waals surface area (Å²) in [5.74, 6) is 0.224. The topological polar surface area (TPSA) is 58.5 Å². The summed E-state index contributed by atoms with van der Waals surface area (Å²) in [6.07, 6.45) is 11.7. The fourth-order valence-corrected chi connectivity index (χ4v) is 4.76. The van der Waals surface area contributed by atoms with Gasteiger partial charge in [0.05, 0.1) is 5.57 Å². The lowest BCUT2D eigenvalue weighted by Crippen LogP contribution is -2.32. The molecule has 4 heteroatoms. The van der Waals surface area contributed by atoms with Gasteiger partial charge in [-0.2, -0.15) is 0 Å². The molecule has 4 aliphatic rings. The van der Waals surface area contributed by atoms with Gasteiger partial charge >= 0.3 is 0 Å². The third kappa shape index (κ3) is 2.24. The maximum atomic E-state index is 12.5. The molecule has 22 heavy (non-hydrogen) atoms. The Kier molecular flexibility index (Phi) is 3.63. The number of rotatable bonds is 2. The maximum absolute atomic E-state index is 12.5. The van der Waals surface area contributed by atoms with Crippen LogP contribution in [0, 0.1) is 17.8 Å². The van der Waals surface area contributed by atoms with E-state index in [1.807, 2.05) is 0 Å². The van der Waals surface area contributed by atoms with Crippen LogP contribution in [0.5, 0.6) is 0 Å². The van der Waals surface area contributed by atoms with Gasteiger partial charge < -0.3 is 5.32 Å². The van der Waals surface area contributed by atoms with Gasteiger partial charge in [0.2, 0.25) is 5.91 Å². The highest BCUT2D eigenvalue weighted by Gasteiger charge is 2.48. The number of hydrogen-bond acceptors (Lipinski definition) is 2. The van der Waals surface area contributed by atoms with Crippen molar-refractivity contribution in [2.75, 3.05) is 0 Å². The zero-order valence-electron chi connectivity index (χ0n) is 13.1. The zero-order valence-corrected chi connectivity index (χ0v) is 13.1. The van der Waals surface area contributed by atoms with Crippen LogP contribution in [0.1, 0.15) is 64.2 Å². The normalized spacial score (nSPS) is 30.5. The molecule has 1 atom stereocenters. The van der Waals surface area contributed by atoms with E-state index in [0.717, 1.165) is 37.1 Å². The molecule has 1 unspecified atom stereocenters. The minimum atomic E-state index is -0.354. The molecular formula is C18H24N2O2. The highest BCUT2D eigenvalue weighted by atomic mass is 16.2. The molecule has 2 fully saturated rings. The Labute approximate surface area is 131 Å². The van der Waals surface area contributed by atoms with Crippen molar-refractivity contribution < 1.29 is 9.59 Å². The van der Waals surface area contributed by atoms with Crippen LogP contribution in [0.4, 0.5) is 0 Å². The van der Waals surface area contributed by atoms with Crippen LogP contribution in [-0.4, -0.2) is 17.5 Å². The van der Waals surface area contributed by atoms with E-state index in [-0.39, 0.29) is 17.7 Å². The summed E-state index contributed by atoms with van der Waals surface area (Å²) in [6.45, 7) is 0. The first-order chi connectivity index (χ1) is 10.8. The zero-order chi connectivity index (χ0) is 15.1. The molecule has 2 aliphatic carbocycles. The molecule has 118 valence electrons. The number of fused-ring (bicyclic) bond motifs is 1. The van der Waals surface area contributed by atoms with Crippen molar-refractivity contribution in [2.45, 2.75) is 64.2 Å².